The van der Waals surface area contributed by atoms with Crippen molar-refractivity contribution in [2.75, 3.05) is 0 Å². The third-order valence-electron chi connectivity index (χ3n) is 1.09. The van der Waals surface area contributed by atoms with E-state index in [0.29, 0.717) is 0 Å². The Morgan fingerprint density at radius 3 is 2.67 bits per heavy atom. The van der Waals surface area contributed by atoms with Gasteiger partial charge < -0.3 is 0 Å². The van der Waals surface area contributed by atoms with Gasteiger partial charge in [0.05, 0.1) is 0 Å². The van der Waals surface area contributed by atoms with E-state index in [-0.39, 0.29) is 0 Å². The molecule has 9 heavy (non-hydrogen) atoms. The number of halogens is 1. The molecule has 0 atom stereocenters. The Morgan fingerprint density at radius 1 is 1.44 bits per heavy atom. The van der Waals surface area contributed by atoms with Crippen LogP contribution in [0.1, 0.15) is 5.56 Å². The van der Waals surface area contributed by atoms with Crippen molar-refractivity contribution >= 4 is 32.4 Å². The van der Waals surface area contributed by atoms with Crippen LogP contribution in [-0.2, 0) is 5.25 Å². The maximum absolute atomic E-state index is 3.40. The third-order valence-corrected chi connectivity index (χ3v) is 2.44. The van der Waals surface area contributed by atoms with Crippen LogP contribution in [0.5, 0.6) is 0 Å². The molecule has 0 heterocycles. The Kier molecular flexibility index (Phi) is 2.79. The van der Waals surface area contributed by atoms with Crippen LogP contribution in [-0.4, -0.2) is 16.5 Å². The molecule has 0 spiro atoms. The molecule has 1 rings (SSSR count). The summed E-state index contributed by atoms with van der Waals surface area (Å²) in [5.41, 5.74) is 1.38. The molecule has 0 aliphatic rings. The SMILES string of the molecule is [Ge][CH2]c1cccc(Br)c1. The summed E-state index contributed by atoms with van der Waals surface area (Å²) in [6.45, 7) is 0. The van der Waals surface area contributed by atoms with E-state index < -0.39 is 0 Å². The summed E-state index contributed by atoms with van der Waals surface area (Å²) in [6, 6.07) is 8.37. The Balaban J connectivity index is 2.94. The summed E-state index contributed by atoms with van der Waals surface area (Å²) in [7, 11) is 0. The second-order valence-electron chi connectivity index (χ2n) is 1.81. The molecular weight excluding hydrogens is 237 g/mol. The molecule has 3 radical (unpaired) electrons. The molecule has 0 aliphatic heterocycles. The van der Waals surface area contributed by atoms with Crippen LogP contribution in [0.4, 0.5) is 0 Å². The van der Waals surface area contributed by atoms with E-state index in [9.17, 15) is 0 Å². The van der Waals surface area contributed by atoms with Crippen molar-refractivity contribution < 1.29 is 0 Å². The molecule has 0 unspecified atom stereocenters. The van der Waals surface area contributed by atoms with Crippen LogP contribution >= 0.6 is 15.9 Å². The summed E-state index contributed by atoms with van der Waals surface area (Å²) >= 11 is 5.56. The van der Waals surface area contributed by atoms with Gasteiger partial charge in [-0.1, -0.05) is 0 Å². The molecule has 1 aromatic rings. The van der Waals surface area contributed by atoms with E-state index in [1.54, 1.807) is 0 Å². The first-order valence-corrected chi connectivity index (χ1v) is 4.99. The first kappa shape index (κ1) is 7.35. The summed E-state index contributed by atoms with van der Waals surface area (Å²) in [4.78, 5) is 0. The topological polar surface area (TPSA) is 0 Å². The normalized spacial score (nSPS) is 9.56. The molecular formula is C7H6BrGe. The Morgan fingerprint density at radius 2 is 2.22 bits per heavy atom. The maximum atomic E-state index is 3.40. The zero-order valence-corrected chi connectivity index (χ0v) is 8.58. The number of benzene rings is 1. The number of rotatable bonds is 1. The Bertz CT molecular complexity index is 198. The van der Waals surface area contributed by atoms with Crippen LogP contribution in [0.25, 0.3) is 0 Å². The molecule has 0 amide bonds. The van der Waals surface area contributed by atoms with E-state index in [0.717, 1.165) is 5.25 Å². The van der Waals surface area contributed by atoms with Gasteiger partial charge in [0.2, 0.25) is 0 Å². The third kappa shape index (κ3) is 2.14. The quantitative estimate of drug-likeness (QED) is 0.662. The van der Waals surface area contributed by atoms with Crippen molar-refractivity contribution in [1.29, 1.82) is 0 Å². The van der Waals surface area contributed by atoms with E-state index in [2.05, 4.69) is 50.6 Å². The Hall–Kier alpha value is 0.243. The first-order valence-electron chi connectivity index (χ1n) is 2.72. The second-order valence-corrected chi connectivity index (χ2v) is 3.46. The summed E-state index contributed by atoms with van der Waals surface area (Å²) in [5, 5.41) is 1.11. The fourth-order valence-corrected chi connectivity index (χ4v) is 1.55. The number of hydrogen-bond donors (Lipinski definition) is 0. The van der Waals surface area contributed by atoms with Gasteiger partial charge in [-0.2, -0.15) is 0 Å². The number of hydrogen-bond acceptors (Lipinski definition) is 0. The predicted octanol–water partition coefficient (Wildman–Crippen LogP) is 2.12. The van der Waals surface area contributed by atoms with Crippen molar-refractivity contribution in [3.8, 4) is 0 Å². The molecule has 0 N–H and O–H groups in total. The van der Waals surface area contributed by atoms with Gasteiger partial charge in [-0.3, -0.25) is 0 Å². The molecule has 0 aromatic heterocycles. The second kappa shape index (κ2) is 3.42. The zero-order valence-electron chi connectivity index (χ0n) is 4.89. The van der Waals surface area contributed by atoms with Gasteiger partial charge in [0.1, 0.15) is 0 Å². The van der Waals surface area contributed by atoms with Crippen molar-refractivity contribution in [3.05, 3.63) is 34.3 Å². The van der Waals surface area contributed by atoms with Gasteiger partial charge in [0.25, 0.3) is 0 Å². The van der Waals surface area contributed by atoms with Crippen LogP contribution in [0.2, 0.25) is 0 Å². The fraction of sp³-hybridized carbons (Fsp3) is 0.143. The van der Waals surface area contributed by atoms with E-state index in [1.165, 1.54) is 10.0 Å². The summed E-state index contributed by atoms with van der Waals surface area (Å²) in [5.74, 6) is 0. The van der Waals surface area contributed by atoms with Crippen LogP contribution in [0, 0.1) is 0 Å². The molecule has 0 fully saturated rings. The predicted molar refractivity (Wildman–Crippen MR) is 43.6 cm³/mol. The van der Waals surface area contributed by atoms with E-state index in [1.807, 2.05) is 6.07 Å². The Labute approximate surface area is 72.0 Å². The molecule has 0 aliphatic carbocycles. The molecule has 0 saturated carbocycles. The molecule has 0 saturated heterocycles. The van der Waals surface area contributed by atoms with Gasteiger partial charge >= 0.3 is 72.0 Å². The van der Waals surface area contributed by atoms with Crippen LogP contribution in [0.3, 0.4) is 0 Å². The standard InChI is InChI=1S/C7H6BrGe/c8-7-3-1-2-6(4-7)5-9/h1-4H,5H2. The first-order chi connectivity index (χ1) is 4.33. The van der Waals surface area contributed by atoms with Crippen LogP contribution < -0.4 is 0 Å². The van der Waals surface area contributed by atoms with Gasteiger partial charge in [-0.25, -0.2) is 0 Å². The average Bonchev–Trinajstić information content (AvgIpc) is 1.88. The monoisotopic (exact) mass is 243 g/mol. The van der Waals surface area contributed by atoms with Crippen molar-refractivity contribution in [2.24, 2.45) is 0 Å². The minimum absolute atomic E-state index is 1.11. The summed E-state index contributed by atoms with van der Waals surface area (Å²) < 4.78 is 1.17. The summed E-state index contributed by atoms with van der Waals surface area (Å²) in [6.07, 6.45) is 0. The van der Waals surface area contributed by atoms with Gasteiger partial charge in [-0.05, 0) is 0 Å². The van der Waals surface area contributed by atoms with Gasteiger partial charge in [0.15, 0.2) is 0 Å². The molecule has 2 heteroatoms. The van der Waals surface area contributed by atoms with Gasteiger partial charge in [0, 0.05) is 0 Å². The molecule has 0 nitrogen and oxygen atoms in total. The zero-order chi connectivity index (χ0) is 6.69. The minimum atomic E-state index is 1.11. The van der Waals surface area contributed by atoms with Crippen molar-refractivity contribution in [1.82, 2.24) is 0 Å². The van der Waals surface area contributed by atoms with E-state index >= 15 is 0 Å². The fourth-order valence-electron chi connectivity index (χ4n) is 0.647. The van der Waals surface area contributed by atoms with Crippen LogP contribution in [0.15, 0.2) is 28.7 Å². The van der Waals surface area contributed by atoms with Gasteiger partial charge in [-0.15, -0.1) is 0 Å². The average molecular weight is 243 g/mol. The van der Waals surface area contributed by atoms with E-state index in [4.69, 9.17) is 0 Å². The molecule has 45 valence electrons. The molecule has 1 aromatic carbocycles. The van der Waals surface area contributed by atoms with Crippen molar-refractivity contribution in [3.63, 3.8) is 0 Å². The van der Waals surface area contributed by atoms with Crippen molar-refractivity contribution in [2.45, 2.75) is 5.25 Å². The molecule has 0 bridgehead atoms.